The number of carbonyl (C=O) groups is 5. The monoisotopic (exact) mass is 819 g/mol. The molecule has 0 aromatic heterocycles. The van der Waals surface area contributed by atoms with E-state index in [1.807, 2.05) is 0 Å². The standard InChI is InChI=1S/C41H57NO16/c1-19-24(55-35(50)29(47)28(20(2)43)42-36(51)58-37(5,6)7)17-41(52)33(56-34(49)23-14-12-11-13-15-23)31-39(10,25(46)16-26-40(31,18-53-26)57-22(4)45)32(48)30(54-21(3)44)27(19)38(41,8)9/h11-15,20,24-26,28-33,43,46-48,52H,16-18H2,1-10H3,(H,42,51)/t20?,24-,25-,26+,28-,29+,30+,31-,32-,33-,39+,40-,41+/m0/s1. The number of esters is 4. The minimum Gasteiger partial charge on any atom is -0.456 e. The van der Waals surface area contributed by atoms with Crippen molar-refractivity contribution in [2.75, 3.05) is 6.61 Å². The summed E-state index contributed by atoms with van der Waals surface area (Å²) in [5.41, 5.74) is -8.27. The van der Waals surface area contributed by atoms with Gasteiger partial charge in [0.25, 0.3) is 0 Å². The van der Waals surface area contributed by atoms with Crippen LogP contribution < -0.4 is 5.32 Å². The number of rotatable bonds is 9. The lowest BCUT2D eigenvalue weighted by Gasteiger charge is -2.69. The second kappa shape index (κ2) is 15.8. The van der Waals surface area contributed by atoms with E-state index in [2.05, 4.69) is 5.32 Å². The summed E-state index contributed by atoms with van der Waals surface area (Å²) < 4.78 is 35.3. The van der Waals surface area contributed by atoms with Gasteiger partial charge >= 0.3 is 30.0 Å². The van der Waals surface area contributed by atoms with Crippen LogP contribution in [0.1, 0.15) is 92.4 Å². The topological polar surface area (TPSA) is 254 Å². The molecule has 3 fully saturated rings. The van der Waals surface area contributed by atoms with E-state index in [9.17, 15) is 49.5 Å². The third-order valence-electron chi connectivity index (χ3n) is 12.5. The molecular weight excluding hydrogens is 762 g/mol. The molecule has 2 bridgehead atoms. The maximum atomic E-state index is 14.2. The number of benzene rings is 1. The van der Waals surface area contributed by atoms with Gasteiger partial charge in [0, 0.05) is 37.5 Å². The first-order valence-corrected chi connectivity index (χ1v) is 19.3. The first kappa shape index (κ1) is 45.0. The second-order valence-corrected chi connectivity index (χ2v) is 17.7. The third-order valence-corrected chi connectivity index (χ3v) is 12.5. The number of aliphatic hydroxyl groups excluding tert-OH is 4. The first-order valence-electron chi connectivity index (χ1n) is 19.3. The molecule has 1 aromatic carbocycles. The zero-order valence-electron chi connectivity index (χ0n) is 34.5. The quantitative estimate of drug-likeness (QED) is 0.118. The fourth-order valence-corrected chi connectivity index (χ4v) is 9.52. The van der Waals surface area contributed by atoms with E-state index in [1.54, 1.807) is 52.8 Å². The van der Waals surface area contributed by atoms with Crippen molar-refractivity contribution in [2.45, 2.75) is 154 Å². The van der Waals surface area contributed by atoms with Crippen LogP contribution in [-0.2, 0) is 42.8 Å². The van der Waals surface area contributed by atoms with Gasteiger partial charge in [-0.05, 0) is 57.9 Å². The molecule has 0 spiro atoms. The maximum absolute atomic E-state index is 14.2. The normalized spacial score (nSPS) is 35.5. The number of hydrogen-bond acceptors (Lipinski definition) is 16. The summed E-state index contributed by atoms with van der Waals surface area (Å²) in [6, 6.07) is 6.18. The minimum absolute atomic E-state index is 0.0522. The number of nitrogens with one attached hydrogen (secondary N) is 1. The number of ether oxygens (including phenoxy) is 6. The molecule has 0 radical (unpaired) electrons. The van der Waals surface area contributed by atoms with Crippen molar-refractivity contribution in [3.63, 3.8) is 0 Å². The van der Waals surface area contributed by atoms with E-state index in [-0.39, 0.29) is 29.7 Å². The third kappa shape index (κ3) is 7.72. The first-order chi connectivity index (χ1) is 26.7. The minimum atomic E-state index is -2.38. The number of fused-ring (bicyclic) bond motifs is 5. The number of carbonyl (C=O) groups excluding carboxylic acids is 5. The molecule has 1 aliphatic heterocycles. The van der Waals surface area contributed by atoms with E-state index < -0.39 is 125 Å². The fraction of sp³-hybridized carbons (Fsp3) is 0.683. The van der Waals surface area contributed by atoms with Crippen molar-refractivity contribution in [3.8, 4) is 0 Å². The Morgan fingerprint density at radius 1 is 0.948 bits per heavy atom. The number of hydrogen-bond donors (Lipinski definition) is 6. The average Bonchev–Trinajstić information content (AvgIpc) is 3.10. The molecule has 3 aliphatic carbocycles. The summed E-state index contributed by atoms with van der Waals surface area (Å²) in [7, 11) is 0. The lowest BCUT2D eigenvalue weighted by Crippen LogP contribution is -2.82. The summed E-state index contributed by atoms with van der Waals surface area (Å²) in [5.74, 6) is -5.38. The van der Waals surface area contributed by atoms with Crippen LogP contribution in [0, 0.1) is 16.7 Å². The van der Waals surface area contributed by atoms with Gasteiger partial charge in [0.05, 0.1) is 36.3 Å². The largest absolute Gasteiger partial charge is 0.456 e. The molecule has 4 aliphatic rings. The molecule has 1 amide bonds. The Labute approximate surface area is 337 Å². The Hall–Kier alpha value is -4.13. The van der Waals surface area contributed by atoms with E-state index in [0.717, 1.165) is 13.8 Å². The van der Waals surface area contributed by atoms with Crippen LogP contribution >= 0.6 is 0 Å². The summed E-state index contributed by atoms with van der Waals surface area (Å²) >= 11 is 0. The molecule has 1 unspecified atom stereocenters. The van der Waals surface area contributed by atoms with Crippen molar-refractivity contribution in [1.29, 1.82) is 0 Å². The zero-order valence-corrected chi connectivity index (χ0v) is 34.5. The van der Waals surface area contributed by atoms with Crippen LogP contribution in [-0.4, -0.2) is 134 Å². The van der Waals surface area contributed by atoms with Gasteiger partial charge in [-0.3, -0.25) is 9.59 Å². The van der Waals surface area contributed by atoms with Gasteiger partial charge in [0.2, 0.25) is 0 Å². The Balaban J connectivity index is 1.72. The van der Waals surface area contributed by atoms with Crippen LogP contribution in [0.4, 0.5) is 4.79 Å². The predicted molar refractivity (Wildman–Crippen MR) is 200 cm³/mol. The molecule has 5 rings (SSSR count). The van der Waals surface area contributed by atoms with Crippen molar-refractivity contribution in [2.24, 2.45) is 16.7 Å². The zero-order chi connectivity index (χ0) is 43.5. The highest BCUT2D eigenvalue weighted by molar-refractivity contribution is 5.89. The van der Waals surface area contributed by atoms with E-state index in [4.69, 9.17) is 28.4 Å². The molecule has 1 heterocycles. The highest BCUT2D eigenvalue weighted by atomic mass is 16.6. The molecular formula is C41H57NO16. The van der Waals surface area contributed by atoms with Crippen LogP contribution in [0.2, 0.25) is 0 Å². The Kier molecular flexibility index (Phi) is 12.3. The van der Waals surface area contributed by atoms with Crippen molar-refractivity contribution < 1.29 is 77.9 Å². The molecule has 1 aromatic rings. The lowest BCUT2D eigenvalue weighted by atomic mass is 9.44. The average molecular weight is 820 g/mol. The Morgan fingerprint density at radius 2 is 1.57 bits per heavy atom. The summed E-state index contributed by atoms with van der Waals surface area (Å²) in [6.07, 6.45) is -14.8. The van der Waals surface area contributed by atoms with E-state index >= 15 is 0 Å². The molecule has 6 N–H and O–H groups in total. The van der Waals surface area contributed by atoms with Crippen LogP contribution in [0.5, 0.6) is 0 Å². The lowest BCUT2D eigenvalue weighted by molar-refractivity contribution is -0.365. The van der Waals surface area contributed by atoms with Gasteiger partial charge in [-0.2, -0.15) is 0 Å². The Bertz CT molecular complexity index is 1810. The summed E-state index contributed by atoms with van der Waals surface area (Å²) in [6.45, 7) is 14.1. The van der Waals surface area contributed by atoms with Crippen LogP contribution in [0.3, 0.4) is 0 Å². The van der Waals surface area contributed by atoms with Crippen molar-refractivity contribution >= 4 is 30.0 Å². The van der Waals surface area contributed by atoms with Crippen LogP contribution in [0.25, 0.3) is 0 Å². The smallest absolute Gasteiger partial charge is 0.408 e. The number of amides is 1. The van der Waals surface area contributed by atoms with E-state index in [0.29, 0.717) is 0 Å². The summed E-state index contributed by atoms with van der Waals surface area (Å²) in [5, 5.41) is 62.3. The van der Waals surface area contributed by atoms with Gasteiger partial charge in [0.15, 0.2) is 17.8 Å². The van der Waals surface area contributed by atoms with Crippen LogP contribution in [0.15, 0.2) is 41.5 Å². The fourth-order valence-electron chi connectivity index (χ4n) is 9.52. The van der Waals surface area contributed by atoms with Gasteiger partial charge in [-0.1, -0.05) is 39.0 Å². The molecule has 1 saturated heterocycles. The summed E-state index contributed by atoms with van der Waals surface area (Å²) in [4.78, 5) is 66.5. The highest BCUT2D eigenvalue weighted by Crippen LogP contribution is 2.65. The SMILES string of the molecule is CC(=O)O[C@@H]1C2=C(C)[C@@H](OC(=O)[C@H](O)[C@@H](NC(=O)OC(C)(C)C)C(C)O)C[C@@](O)([C@@H](OC(=O)c3ccccc3)[C@@H]3[C@]4(OC(C)=O)CO[C@@H]4C[C@H](O)[C@@]3(C)[C@H]1O)C2(C)C. The van der Waals surface area contributed by atoms with Crippen molar-refractivity contribution in [3.05, 3.63) is 47.0 Å². The predicted octanol–water partition coefficient (Wildman–Crippen LogP) is 1.63. The molecule has 2 saturated carbocycles. The molecule has 58 heavy (non-hydrogen) atoms. The molecule has 13 atom stereocenters. The van der Waals surface area contributed by atoms with Gasteiger partial charge in [0.1, 0.15) is 35.6 Å². The van der Waals surface area contributed by atoms with Gasteiger partial charge in [-0.25, -0.2) is 14.4 Å². The van der Waals surface area contributed by atoms with E-state index in [1.165, 1.54) is 32.9 Å². The second-order valence-electron chi connectivity index (χ2n) is 17.7. The Morgan fingerprint density at radius 3 is 2.09 bits per heavy atom. The highest BCUT2D eigenvalue weighted by Gasteiger charge is 2.78. The van der Waals surface area contributed by atoms with Crippen molar-refractivity contribution in [1.82, 2.24) is 5.32 Å². The molecule has 322 valence electrons. The number of alkyl carbamates (subject to hydrolysis) is 1. The molecule has 17 nitrogen and oxygen atoms in total. The molecule has 17 heteroatoms. The maximum Gasteiger partial charge on any atom is 0.408 e. The van der Waals surface area contributed by atoms with Gasteiger partial charge < -0.3 is 59.3 Å². The number of aliphatic hydroxyl groups is 5. The van der Waals surface area contributed by atoms with Gasteiger partial charge in [-0.15, -0.1) is 0 Å².